The zero-order valence-corrected chi connectivity index (χ0v) is 20.7. The molecule has 8 nitrogen and oxygen atoms in total. The second-order valence-corrected chi connectivity index (χ2v) is 11.2. The van der Waals surface area contributed by atoms with Crippen LogP contribution in [0.5, 0.6) is 0 Å². The van der Waals surface area contributed by atoms with Crippen molar-refractivity contribution >= 4 is 50.3 Å². The fourth-order valence-electron chi connectivity index (χ4n) is 4.33. The Balaban J connectivity index is 1.50. The number of hydrogen-bond donors (Lipinski definition) is 2. The topological polar surface area (TPSA) is 108 Å². The normalized spacial score (nSPS) is 18.9. The second-order valence-electron chi connectivity index (χ2n) is 8.53. The van der Waals surface area contributed by atoms with E-state index in [1.165, 1.54) is 0 Å². The predicted octanol–water partition coefficient (Wildman–Crippen LogP) is 3.12. The first-order valence-corrected chi connectivity index (χ1v) is 13.6. The second kappa shape index (κ2) is 9.75. The van der Waals surface area contributed by atoms with Crippen molar-refractivity contribution in [3.05, 3.63) is 94.5 Å². The number of carbonyl (C=O) groups excluding carboxylic acids is 2. The largest absolute Gasteiger partial charge is 0.369 e. The molecule has 0 unspecified atom stereocenters. The standard InChI is InChI=1S/C26H23ClN4O4S/c27-19-10-6-12-21(31-13-15-36(34,35)16-14-31)22(19)25(32)30-24-26(33)28-20-11-5-4-9-18(20)23(29-24)17-7-2-1-3-8-17/h1-12,24H,13-16H2,(H,28,33)(H,30,32)/t24-/m1/s1. The van der Waals surface area contributed by atoms with E-state index in [-0.39, 0.29) is 35.2 Å². The van der Waals surface area contributed by atoms with Gasteiger partial charge in [-0.25, -0.2) is 13.4 Å². The molecule has 3 aromatic carbocycles. The molecule has 2 aliphatic rings. The van der Waals surface area contributed by atoms with E-state index in [1.54, 1.807) is 24.3 Å². The van der Waals surface area contributed by atoms with E-state index in [4.69, 9.17) is 11.6 Å². The van der Waals surface area contributed by atoms with Crippen LogP contribution in [0.2, 0.25) is 5.02 Å². The fraction of sp³-hybridized carbons (Fsp3) is 0.192. The number of rotatable bonds is 4. The number of sulfone groups is 1. The Labute approximate surface area is 213 Å². The number of para-hydroxylation sites is 1. The maximum absolute atomic E-state index is 13.5. The average Bonchev–Trinajstić information content (AvgIpc) is 3.00. The van der Waals surface area contributed by atoms with E-state index >= 15 is 0 Å². The van der Waals surface area contributed by atoms with E-state index in [0.717, 1.165) is 11.1 Å². The van der Waals surface area contributed by atoms with Crippen LogP contribution in [0.1, 0.15) is 21.5 Å². The Morgan fingerprint density at radius 3 is 2.42 bits per heavy atom. The molecule has 1 atom stereocenters. The van der Waals surface area contributed by atoms with Crippen molar-refractivity contribution < 1.29 is 18.0 Å². The highest BCUT2D eigenvalue weighted by atomic mass is 35.5. The smallest absolute Gasteiger partial charge is 0.269 e. The molecule has 2 N–H and O–H groups in total. The summed E-state index contributed by atoms with van der Waals surface area (Å²) in [5.74, 6) is -1.07. The minimum Gasteiger partial charge on any atom is -0.369 e. The summed E-state index contributed by atoms with van der Waals surface area (Å²) in [7, 11) is -3.11. The van der Waals surface area contributed by atoms with Crippen molar-refractivity contribution in [1.82, 2.24) is 5.32 Å². The van der Waals surface area contributed by atoms with E-state index in [9.17, 15) is 18.0 Å². The van der Waals surface area contributed by atoms with Crippen LogP contribution in [-0.2, 0) is 14.6 Å². The summed E-state index contributed by atoms with van der Waals surface area (Å²) in [6.45, 7) is 0.497. The number of carbonyl (C=O) groups is 2. The summed E-state index contributed by atoms with van der Waals surface area (Å²) in [5, 5.41) is 5.78. The fourth-order valence-corrected chi connectivity index (χ4v) is 5.79. The van der Waals surface area contributed by atoms with Gasteiger partial charge in [0.15, 0.2) is 9.84 Å². The van der Waals surface area contributed by atoms with Crippen molar-refractivity contribution in [2.24, 2.45) is 4.99 Å². The van der Waals surface area contributed by atoms with Crippen LogP contribution in [0, 0.1) is 0 Å². The van der Waals surface area contributed by atoms with Gasteiger partial charge in [0.2, 0.25) is 6.17 Å². The van der Waals surface area contributed by atoms with Gasteiger partial charge in [-0.3, -0.25) is 9.59 Å². The predicted molar refractivity (Wildman–Crippen MR) is 141 cm³/mol. The molecule has 5 rings (SSSR count). The summed E-state index contributed by atoms with van der Waals surface area (Å²) in [4.78, 5) is 33.1. The van der Waals surface area contributed by atoms with E-state index < -0.39 is 27.8 Å². The molecular weight excluding hydrogens is 500 g/mol. The van der Waals surface area contributed by atoms with E-state index in [1.807, 2.05) is 53.4 Å². The van der Waals surface area contributed by atoms with Crippen LogP contribution >= 0.6 is 11.6 Å². The average molecular weight is 523 g/mol. The minimum atomic E-state index is -3.11. The van der Waals surface area contributed by atoms with Crippen molar-refractivity contribution in [2.75, 3.05) is 34.8 Å². The van der Waals surface area contributed by atoms with Gasteiger partial charge < -0.3 is 15.5 Å². The maximum Gasteiger partial charge on any atom is 0.269 e. The Kier molecular flexibility index (Phi) is 6.51. The van der Waals surface area contributed by atoms with E-state index in [2.05, 4.69) is 15.6 Å². The molecule has 0 aromatic heterocycles. The Bertz CT molecular complexity index is 1460. The lowest BCUT2D eigenvalue weighted by Crippen LogP contribution is -2.44. The highest BCUT2D eigenvalue weighted by molar-refractivity contribution is 7.91. The van der Waals surface area contributed by atoms with Crippen LogP contribution in [0.25, 0.3) is 0 Å². The molecule has 2 aliphatic heterocycles. The van der Waals surface area contributed by atoms with E-state index in [0.29, 0.717) is 17.1 Å². The van der Waals surface area contributed by atoms with Gasteiger partial charge in [0.1, 0.15) is 0 Å². The molecule has 0 aliphatic carbocycles. The van der Waals surface area contributed by atoms with Gasteiger partial charge in [0.25, 0.3) is 11.8 Å². The summed E-state index contributed by atoms with van der Waals surface area (Å²) in [6.07, 6.45) is -1.22. The number of aliphatic imine (C=N–C) groups is 1. The number of nitrogens with zero attached hydrogens (tertiary/aromatic N) is 2. The molecule has 184 valence electrons. The van der Waals surface area contributed by atoms with Gasteiger partial charge in [-0.05, 0) is 18.2 Å². The number of anilines is 2. The van der Waals surface area contributed by atoms with Crippen molar-refractivity contribution in [3.63, 3.8) is 0 Å². The molecule has 1 fully saturated rings. The number of hydrogen-bond acceptors (Lipinski definition) is 6. The number of benzodiazepines with no additional fused rings is 1. The zero-order chi connectivity index (χ0) is 25.3. The molecule has 2 amide bonds. The van der Waals surface area contributed by atoms with Crippen molar-refractivity contribution in [3.8, 4) is 0 Å². The molecule has 0 saturated carbocycles. The Morgan fingerprint density at radius 2 is 1.67 bits per heavy atom. The van der Waals surface area contributed by atoms with Crippen LogP contribution in [0.15, 0.2) is 77.8 Å². The Hall–Kier alpha value is -3.69. The first kappa shape index (κ1) is 24.0. The summed E-state index contributed by atoms with van der Waals surface area (Å²) in [5.41, 5.74) is 3.38. The maximum atomic E-state index is 13.5. The van der Waals surface area contributed by atoms with Gasteiger partial charge in [0, 0.05) is 24.2 Å². The molecule has 10 heteroatoms. The third-order valence-electron chi connectivity index (χ3n) is 6.17. The van der Waals surface area contributed by atoms with Crippen LogP contribution in [0.3, 0.4) is 0 Å². The lowest BCUT2D eigenvalue weighted by molar-refractivity contribution is -0.117. The monoisotopic (exact) mass is 522 g/mol. The highest BCUT2D eigenvalue weighted by Gasteiger charge is 2.30. The first-order chi connectivity index (χ1) is 17.3. The summed E-state index contributed by atoms with van der Waals surface area (Å²) in [6, 6.07) is 21.8. The quantitative estimate of drug-likeness (QED) is 0.547. The zero-order valence-electron chi connectivity index (χ0n) is 19.1. The third-order valence-corrected chi connectivity index (χ3v) is 8.09. The van der Waals surface area contributed by atoms with Crippen LogP contribution in [0.4, 0.5) is 11.4 Å². The Morgan fingerprint density at radius 1 is 0.972 bits per heavy atom. The molecule has 2 heterocycles. The van der Waals surface area contributed by atoms with Crippen molar-refractivity contribution in [2.45, 2.75) is 6.17 Å². The van der Waals surface area contributed by atoms with Gasteiger partial charge in [0.05, 0.1) is 39.2 Å². The number of amides is 2. The van der Waals surface area contributed by atoms with Gasteiger partial charge in [-0.15, -0.1) is 0 Å². The lowest BCUT2D eigenvalue weighted by Gasteiger charge is -2.30. The molecule has 36 heavy (non-hydrogen) atoms. The van der Waals surface area contributed by atoms with Gasteiger partial charge in [-0.2, -0.15) is 0 Å². The molecule has 1 saturated heterocycles. The number of fused-ring (bicyclic) bond motifs is 1. The van der Waals surface area contributed by atoms with Crippen molar-refractivity contribution in [1.29, 1.82) is 0 Å². The van der Waals surface area contributed by atoms with Crippen LogP contribution < -0.4 is 15.5 Å². The minimum absolute atomic E-state index is 0.00537. The highest BCUT2D eigenvalue weighted by Crippen LogP contribution is 2.29. The van der Waals surface area contributed by atoms with Gasteiger partial charge in [-0.1, -0.05) is 66.2 Å². The molecule has 0 radical (unpaired) electrons. The lowest BCUT2D eigenvalue weighted by atomic mass is 10.0. The molecular formula is C26H23ClN4O4S. The molecule has 0 bridgehead atoms. The van der Waals surface area contributed by atoms with Crippen LogP contribution in [-0.4, -0.2) is 56.7 Å². The van der Waals surface area contributed by atoms with Gasteiger partial charge >= 0.3 is 0 Å². The molecule has 0 spiro atoms. The third kappa shape index (κ3) is 4.84. The first-order valence-electron chi connectivity index (χ1n) is 11.4. The SMILES string of the molecule is O=C(N[C@H]1N=C(c2ccccc2)c2ccccc2NC1=O)c1c(Cl)cccc1N1CCS(=O)(=O)CC1. The number of benzene rings is 3. The summed E-state index contributed by atoms with van der Waals surface area (Å²) < 4.78 is 23.8. The number of nitrogens with one attached hydrogen (secondary N) is 2. The molecule has 3 aromatic rings. The summed E-state index contributed by atoms with van der Waals surface area (Å²) >= 11 is 6.44. The number of halogens is 1.